The average molecular weight is 377 g/mol. The van der Waals surface area contributed by atoms with Gasteiger partial charge in [0.2, 0.25) is 11.8 Å². The van der Waals surface area contributed by atoms with Gasteiger partial charge in [-0.25, -0.2) is 0 Å². The molecule has 2 aromatic rings. The fourth-order valence-electron chi connectivity index (χ4n) is 4.29. The number of nitrogens with one attached hydrogen (secondary N) is 2. The lowest BCUT2D eigenvalue weighted by Gasteiger charge is -2.34. The molecule has 2 aliphatic rings. The Bertz CT molecular complexity index is 881. The van der Waals surface area contributed by atoms with Gasteiger partial charge in [0.15, 0.2) is 0 Å². The zero-order valence-electron chi connectivity index (χ0n) is 16.4. The second-order valence-corrected chi connectivity index (χ2v) is 8.00. The van der Waals surface area contributed by atoms with E-state index in [9.17, 15) is 9.59 Å². The van der Waals surface area contributed by atoms with Gasteiger partial charge in [-0.3, -0.25) is 9.59 Å². The molecule has 5 heteroatoms. The fourth-order valence-corrected chi connectivity index (χ4v) is 4.29. The number of fused-ring (bicyclic) bond motifs is 1. The van der Waals surface area contributed by atoms with Gasteiger partial charge in [0.05, 0.1) is 0 Å². The molecule has 0 bridgehead atoms. The molecular formula is C23H27N3O2. The van der Waals surface area contributed by atoms with Crippen molar-refractivity contribution in [2.45, 2.75) is 51.4 Å². The van der Waals surface area contributed by atoms with Crippen LogP contribution in [-0.4, -0.2) is 41.4 Å². The SMILES string of the molecule is Cc1ccc(CN[C@H]2C[C@H]3C(=O)N[C@H](Cc4ccccc4)C(=O)N3C2)c(C)c1. The Morgan fingerprint density at radius 1 is 1.11 bits per heavy atom. The molecule has 28 heavy (non-hydrogen) atoms. The molecule has 146 valence electrons. The van der Waals surface area contributed by atoms with Crippen molar-refractivity contribution in [1.82, 2.24) is 15.5 Å². The van der Waals surface area contributed by atoms with Gasteiger partial charge in [0.25, 0.3) is 0 Å². The summed E-state index contributed by atoms with van der Waals surface area (Å²) < 4.78 is 0. The number of rotatable bonds is 5. The van der Waals surface area contributed by atoms with Gasteiger partial charge >= 0.3 is 0 Å². The van der Waals surface area contributed by atoms with Crippen molar-refractivity contribution >= 4 is 11.8 Å². The zero-order chi connectivity index (χ0) is 19.7. The Labute approximate surface area is 166 Å². The van der Waals surface area contributed by atoms with Gasteiger partial charge in [-0.15, -0.1) is 0 Å². The summed E-state index contributed by atoms with van der Waals surface area (Å²) in [5.74, 6) is 0.000571. The van der Waals surface area contributed by atoms with Crippen LogP contribution < -0.4 is 10.6 Å². The first kappa shape index (κ1) is 18.7. The molecule has 2 saturated heterocycles. The summed E-state index contributed by atoms with van der Waals surface area (Å²) >= 11 is 0. The van der Waals surface area contributed by atoms with Crippen molar-refractivity contribution in [1.29, 1.82) is 0 Å². The summed E-state index contributed by atoms with van der Waals surface area (Å²) in [7, 11) is 0. The van der Waals surface area contributed by atoms with Crippen LogP contribution in [0.4, 0.5) is 0 Å². The Kier molecular flexibility index (Phi) is 5.18. The van der Waals surface area contributed by atoms with Crippen molar-refractivity contribution in [2.75, 3.05) is 6.54 Å². The molecule has 2 amide bonds. The lowest BCUT2D eigenvalue weighted by atomic mass is 10.0. The molecule has 2 N–H and O–H groups in total. The molecule has 5 nitrogen and oxygen atoms in total. The average Bonchev–Trinajstić information content (AvgIpc) is 3.11. The molecule has 3 atom stereocenters. The molecule has 0 spiro atoms. The van der Waals surface area contributed by atoms with Gasteiger partial charge in [-0.1, -0.05) is 54.1 Å². The molecule has 2 aromatic carbocycles. The van der Waals surface area contributed by atoms with Gasteiger partial charge in [0.1, 0.15) is 12.1 Å². The second-order valence-electron chi connectivity index (χ2n) is 8.00. The highest BCUT2D eigenvalue weighted by molar-refractivity contribution is 5.97. The van der Waals surface area contributed by atoms with Crippen LogP contribution in [0.3, 0.4) is 0 Å². The third-order valence-corrected chi connectivity index (χ3v) is 5.86. The van der Waals surface area contributed by atoms with Gasteiger partial charge in [-0.2, -0.15) is 0 Å². The smallest absolute Gasteiger partial charge is 0.246 e. The molecule has 0 aromatic heterocycles. The molecular weight excluding hydrogens is 350 g/mol. The quantitative estimate of drug-likeness (QED) is 0.839. The van der Waals surface area contributed by atoms with E-state index in [1.54, 1.807) is 4.90 Å². The van der Waals surface area contributed by atoms with Crippen molar-refractivity contribution in [3.05, 3.63) is 70.8 Å². The van der Waals surface area contributed by atoms with Crippen LogP contribution in [-0.2, 0) is 22.6 Å². The Balaban J connectivity index is 1.39. The minimum Gasteiger partial charge on any atom is -0.342 e. The van der Waals surface area contributed by atoms with E-state index >= 15 is 0 Å². The van der Waals surface area contributed by atoms with Crippen molar-refractivity contribution in [2.24, 2.45) is 0 Å². The van der Waals surface area contributed by atoms with Crippen molar-refractivity contribution < 1.29 is 9.59 Å². The van der Waals surface area contributed by atoms with Crippen LogP contribution in [0.2, 0.25) is 0 Å². The standard InChI is InChI=1S/C23H27N3O2/c1-15-8-9-18(16(2)10-15)13-24-19-12-21-22(27)25-20(23(28)26(21)14-19)11-17-6-4-3-5-7-17/h3-10,19-21,24H,11-14H2,1-2H3,(H,25,27)/t19-,20+,21-/m0/s1. The summed E-state index contributed by atoms with van der Waals surface area (Å²) in [5.41, 5.74) is 4.84. The Hall–Kier alpha value is -2.66. The molecule has 0 saturated carbocycles. The number of amides is 2. The predicted molar refractivity (Wildman–Crippen MR) is 109 cm³/mol. The van der Waals surface area contributed by atoms with Gasteiger partial charge in [-0.05, 0) is 37.0 Å². The molecule has 2 aliphatic heterocycles. The van der Waals surface area contributed by atoms with E-state index in [4.69, 9.17) is 0 Å². The Morgan fingerprint density at radius 3 is 2.64 bits per heavy atom. The molecule has 0 unspecified atom stereocenters. The normalized spacial score (nSPS) is 24.2. The fraction of sp³-hybridized carbons (Fsp3) is 0.391. The third kappa shape index (κ3) is 3.80. The maximum atomic E-state index is 13.0. The molecule has 0 aliphatic carbocycles. The van der Waals surface area contributed by atoms with E-state index in [-0.39, 0.29) is 23.9 Å². The first-order valence-corrected chi connectivity index (χ1v) is 9.95. The summed E-state index contributed by atoms with van der Waals surface area (Å²) in [5, 5.41) is 6.48. The van der Waals surface area contributed by atoms with E-state index in [0.717, 1.165) is 12.1 Å². The Morgan fingerprint density at radius 2 is 1.89 bits per heavy atom. The van der Waals surface area contributed by atoms with Crippen LogP contribution in [0.1, 0.15) is 28.7 Å². The zero-order valence-corrected chi connectivity index (χ0v) is 16.4. The first-order valence-electron chi connectivity index (χ1n) is 9.95. The highest BCUT2D eigenvalue weighted by atomic mass is 16.2. The maximum Gasteiger partial charge on any atom is 0.246 e. The third-order valence-electron chi connectivity index (χ3n) is 5.86. The highest BCUT2D eigenvalue weighted by Crippen LogP contribution is 2.24. The monoisotopic (exact) mass is 377 g/mol. The topological polar surface area (TPSA) is 61.4 Å². The molecule has 4 rings (SSSR count). The summed E-state index contributed by atoms with van der Waals surface area (Å²) in [6.07, 6.45) is 1.20. The molecule has 0 radical (unpaired) electrons. The largest absolute Gasteiger partial charge is 0.342 e. The van der Waals surface area contributed by atoms with E-state index in [1.807, 2.05) is 30.3 Å². The number of carbonyl (C=O) groups is 2. The van der Waals surface area contributed by atoms with Crippen LogP contribution in [0.25, 0.3) is 0 Å². The summed E-state index contributed by atoms with van der Waals surface area (Å²) in [4.78, 5) is 27.3. The first-order chi connectivity index (χ1) is 13.5. The van der Waals surface area contributed by atoms with Gasteiger partial charge < -0.3 is 15.5 Å². The number of aryl methyl sites for hydroxylation is 2. The predicted octanol–water partition coefficient (Wildman–Crippen LogP) is 2.10. The van der Waals surface area contributed by atoms with Crippen LogP contribution in [0.15, 0.2) is 48.5 Å². The highest BCUT2D eigenvalue weighted by Gasteiger charge is 2.46. The lowest BCUT2D eigenvalue weighted by Crippen LogP contribution is -2.61. The minimum atomic E-state index is -0.468. The lowest BCUT2D eigenvalue weighted by molar-refractivity contribution is -0.147. The number of nitrogens with zero attached hydrogens (tertiary/aromatic N) is 1. The van der Waals surface area contributed by atoms with Crippen LogP contribution in [0.5, 0.6) is 0 Å². The van der Waals surface area contributed by atoms with E-state index < -0.39 is 6.04 Å². The van der Waals surface area contributed by atoms with Crippen molar-refractivity contribution in [3.8, 4) is 0 Å². The molecule has 2 fully saturated rings. The van der Waals surface area contributed by atoms with Crippen molar-refractivity contribution in [3.63, 3.8) is 0 Å². The van der Waals surface area contributed by atoms with Gasteiger partial charge in [0, 0.05) is 25.6 Å². The second kappa shape index (κ2) is 7.76. The van der Waals surface area contributed by atoms with Crippen LogP contribution >= 0.6 is 0 Å². The summed E-state index contributed by atoms with van der Waals surface area (Å²) in [6, 6.07) is 15.6. The number of hydrogen-bond donors (Lipinski definition) is 2. The number of piperazine rings is 1. The number of benzene rings is 2. The summed E-state index contributed by atoms with van der Waals surface area (Å²) in [6.45, 7) is 5.55. The number of hydrogen-bond acceptors (Lipinski definition) is 3. The van der Waals surface area contributed by atoms with Crippen LogP contribution in [0, 0.1) is 13.8 Å². The van der Waals surface area contributed by atoms with E-state index in [0.29, 0.717) is 19.4 Å². The minimum absolute atomic E-state index is 0.0312. The maximum absolute atomic E-state index is 13.0. The number of carbonyl (C=O) groups excluding carboxylic acids is 2. The van der Waals surface area contributed by atoms with E-state index in [1.165, 1.54) is 16.7 Å². The van der Waals surface area contributed by atoms with E-state index in [2.05, 4.69) is 42.7 Å². The molecule has 2 heterocycles.